The van der Waals surface area contributed by atoms with Crippen LogP contribution >= 0.6 is 11.5 Å². The summed E-state index contributed by atoms with van der Waals surface area (Å²) >= 11 is 1.12. The van der Waals surface area contributed by atoms with Gasteiger partial charge in [0.2, 0.25) is 0 Å². The van der Waals surface area contributed by atoms with Crippen LogP contribution in [0.1, 0.15) is 21.6 Å². The molecule has 2 aromatic heterocycles. The highest BCUT2D eigenvalue weighted by Crippen LogP contribution is 2.26. The van der Waals surface area contributed by atoms with E-state index in [4.69, 9.17) is 11.5 Å². The van der Waals surface area contributed by atoms with Crippen molar-refractivity contribution in [3.63, 3.8) is 0 Å². The number of hydrogen-bond donors (Lipinski definition) is 3. The molecule has 0 radical (unpaired) electrons. The van der Waals surface area contributed by atoms with Crippen molar-refractivity contribution in [3.05, 3.63) is 23.0 Å². The van der Waals surface area contributed by atoms with Crippen molar-refractivity contribution in [1.82, 2.24) is 14.2 Å². The van der Waals surface area contributed by atoms with E-state index >= 15 is 0 Å². The molecular formula is C10H14N6OS. The van der Waals surface area contributed by atoms with E-state index < -0.39 is 5.91 Å². The van der Waals surface area contributed by atoms with Crippen molar-refractivity contribution >= 4 is 28.3 Å². The summed E-state index contributed by atoms with van der Waals surface area (Å²) in [5, 5.41) is 7.93. The first-order valence-electron chi connectivity index (χ1n) is 5.27. The average Bonchev–Trinajstić information content (AvgIpc) is 2.79. The van der Waals surface area contributed by atoms with Crippen LogP contribution in [0.4, 0.5) is 10.8 Å². The van der Waals surface area contributed by atoms with Crippen LogP contribution in [0.2, 0.25) is 0 Å². The molecular weight excluding hydrogens is 252 g/mol. The lowest BCUT2D eigenvalue weighted by Gasteiger charge is -2.03. The number of aryl methyl sites for hydroxylation is 2. The summed E-state index contributed by atoms with van der Waals surface area (Å²) in [6.45, 7) is 2.47. The Morgan fingerprint density at radius 1 is 1.61 bits per heavy atom. The van der Waals surface area contributed by atoms with Crippen molar-refractivity contribution in [3.8, 4) is 0 Å². The van der Waals surface area contributed by atoms with Crippen molar-refractivity contribution < 1.29 is 4.79 Å². The number of anilines is 2. The Hall–Kier alpha value is -2.09. The molecule has 0 aliphatic heterocycles. The van der Waals surface area contributed by atoms with Gasteiger partial charge in [-0.2, -0.15) is 9.47 Å². The molecule has 2 aromatic rings. The zero-order valence-corrected chi connectivity index (χ0v) is 10.9. The van der Waals surface area contributed by atoms with Crippen LogP contribution < -0.4 is 16.8 Å². The lowest BCUT2D eigenvalue weighted by Crippen LogP contribution is -2.14. The number of amides is 1. The summed E-state index contributed by atoms with van der Waals surface area (Å²) in [7, 11) is 1.86. The molecule has 0 saturated carbocycles. The fraction of sp³-hybridized carbons (Fsp3) is 0.300. The van der Waals surface area contributed by atoms with Crippen molar-refractivity contribution in [2.75, 3.05) is 11.1 Å². The maximum Gasteiger partial charge on any atom is 0.255 e. The molecule has 0 aromatic carbocycles. The molecule has 0 saturated heterocycles. The number of carbonyl (C=O) groups is 1. The van der Waals surface area contributed by atoms with Gasteiger partial charge in [0, 0.05) is 25.4 Å². The van der Waals surface area contributed by atoms with Crippen LogP contribution in [0.5, 0.6) is 0 Å². The van der Waals surface area contributed by atoms with Gasteiger partial charge in [-0.05, 0) is 18.5 Å². The molecule has 0 spiro atoms. The molecule has 0 bridgehead atoms. The third-order valence-electron chi connectivity index (χ3n) is 2.52. The minimum Gasteiger partial charge on any atom is -0.382 e. The molecule has 2 rings (SSSR count). The first-order chi connectivity index (χ1) is 8.49. The Bertz CT molecular complexity index is 587. The van der Waals surface area contributed by atoms with Crippen LogP contribution in [0.3, 0.4) is 0 Å². The summed E-state index contributed by atoms with van der Waals surface area (Å²) in [4.78, 5) is 11.2. The number of nitrogens with zero attached hydrogens (tertiary/aromatic N) is 3. The van der Waals surface area contributed by atoms with Crippen LogP contribution in [0, 0.1) is 6.92 Å². The number of hydrogen-bond acceptors (Lipinski definition) is 6. The molecule has 0 fully saturated rings. The maximum absolute atomic E-state index is 11.2. The molecule has 8 heteroatoms. The van der Waals surface area contributed by atoms with Crippen molar-refractivity contribution in [2.45, 2.75) is 13.5 Å². The van der Waals surface area contributed by atoms with Crippen molar-refractivity contribution in [1.29, 1.82) is 0 Å². The predicted octanol–water partition coefficient (Wildman–Crippen LogP) is 0.478. The minimum absolute atomic E-state index is 0.165. The molecule has 0 aliphatic rings. The van der Waals surface area contributed by atoms with E-state index in [9.17, 15) is 4.79 Å². The van der Waals surface area contributed by atoms with Crippen LogP contribution in [-0.2, 0) is 13.6 Å². The minimum atomic E-state index is -0.577. The summed E-state index contributed by atoms with van der Waals surface area (Å²) in [5.41, 5.74) is 13.1. The van der Waals surface area contributed by atoms with E-state index in [-0.39, 0.29) is 11.4 Å². The van der Waals surface area contributed by atoms with E-state index in [1.807, 2.05) is 20.2 Å². The smallest absolute Gasteiger partial charge is 0.255 e. The Morgan fingerprint density at radius 3 is 2.89 bits per heavy atom. The topological polar surface area (TPSA) is 112 Å². The third kappa shape index (κ3) is 2.28. The van der Waals surface area contributed by atoms with Gasteiger partial charge in [0.1, 0.15) is 10.6 Å². The quantitative estimate of drug-likeness (QED) is 0.745. The van der Waals surface area contributed by atoms with E-state index in [1.54, 1.807) is 4.68 Å². The van der Waals surface area contributed by atoms with Crippen LogP contribution in [0.25, 0.3) is 0 Å². The molecule has 0 atom stereocenters. The fourth-order valence-electron chi connectivity index (χ4n) is 1.66. The van der Waals surface area contributed by atoms with Crippen LogP contribution in [0.15, 0.2) is 6.20 Å². The van der Waals surface area contributed by atoms with E-state index in [2.05, 4.69) is 14.8 Å². The second-order valence-corrected chi connectivity index (χ2v) is 4.68. The lowest BCUT2D eigenvalue weighted by molar-refractivity contribution is 0.100. The number of nitrogens with two attached hydrogens (primary N) is 2. The second-order valence-electron chi connectivity index (χ2n) is 3.90. The number of nitrogen functional groups attached to an aromatic ring is 1. The number of primary amides is 1. The molecule has 1 amide bonds. The van der Waals surface area contributed by atoms with Crippen molar-refractivity contribution in [2.24, 2.45) is 12.8 Å². The summed E-state index contributed by atoms with van der Waals surface area (Å²) in [5.74, 6) is -0.412. The Balaban J connectivity index is 2.16. The first-order valence-corrected chi connectivity index (χ1v) is 6.04. The van der Waals surface area contributed by atoms with E-state index in [0.29, 0.717) is 11.5 Å². The predicted molar refractivity (Wildman–Crippen MR) is 70.3 cm³/mol. The highest BCUT2D eigenvalue weighted by Gasteiger charge is 2.16. The average molecular weight is 266 g/mol. The molecule has 96 valence electrons. The number of rotatable bonds is 4. The molecule has 5 N–H and O–H groups in total. The van der Waals surface area contributed by atoms with Gasteiger partial charge in [-0.3, -0.25) is 9.48 Å². The largest absolute Gasteiger partial charge is 0.382 e. The normalized spacial score (nSPS) is 10.6. The molecule has 0 unspecified atom stereocenters. The monoisotopic (exact) mass is 266 g/mol. The molecule has 7 nitrogen and oxygen atoms in total. The highest BCUT2D eigenvalue weighted by molar-refractivity contribution is 7.11. The molecule has 2 heterocycles. The standard InChI is InChI=1S/C10H14N6OS/c1-5-6(4-16(2)14-5)3-13-10-7(9(12)17)8(11)15-18-10/h4,13H,3H2,1-2H3,(H2,11,15)(H2,12,17). The SMILES string of the molecule is Cc1nn(C)cc1CNc1snc(N)c1C(N)=O. The Kier molecular flexibility index (Phi) is 3.19. The van der Waals surface area contributed by atoms with Gasteiger partial charge >= 0.3 is 0 Å². The van der Waals surface area contributed by atoms with Gasteiger partial charge in [0.25, 0.3) is 5.91 Å². The summed E-state index contributed by atoms with van der Waals surface area (Å²) in [6, 6.07) is 0. The zero-order valence-electron chi connectivity index (χ0n) is 10.1. The van der Waals surface area contributed by atoms with Gasteiger partial charge < -0.3 is 16.8 Å². The fourth-order valence-corrected chi connectivity index (χ4v) is 2.37. The first kappa shape index (κ1) is 12.4. The second kappa shape index (κ2) is 4.65. The van der Waals surface area contributed by atoms with Gasteiger partial charge in [-0.15, -0.1) is 0 Å². The Morgan fingerprint density at radius 2 is 2.33 bits per heavy atom. The lowest BCUT2D eigenvalue weighted by atomic mass is 10.2. The Labute approximate surface area is 108 Å². The van der Waals surface area contributed by atoms with Gasteiger partial charge in [-0.25, -0.2) is 0 Å². The van der Waals surface area contributed by atoms with Crippen LogP contribution in [-0.4, -0.2) is 20.1 Å². The summed E-state index contributed by atoms with van der Waals surface area (Å²) in [6.07, 6.45) is 1.91. The molecule has 18 heavy (non-hydrogen) atoms. The number of carbonyl (C=O) groups excluding carboxylic acids is 1. The van der Waals surface area contributed by atoms with Gasteiger partial charge in [-0.1, -0.05) is 0 Å². The van der Waals surface area contributed by atoms with Gasteiger partial charge in [0.15, 0.2) is 5.82 Å². The van der Waals surface area contributed by atoms with E-state index in [0.717, 1.165) is 22.8 Å². The molecule has 0 aliphatic carbocycles. The zero-order chi connectivity index (χ0) is 13.3. The van der Waals surface area contributed by atoms with Gasteiger partial charge in [0.05, 0.1) is 5.69 Å². The van der Waals surface area contributed by atoms with E-state index in [1.165, 1.54) is 0 Å². The number of nitrogens with one attached hydrogen (secondary N) is 1. The third-order valence-corrected chi connectivity index (χ3v) is 3.34. The number of aromatic nitrogens is 3. The maximum atomic E-state index is 11.2. The highest BCUT2D eigenvalue weighted by atomic mass is 32.1. The summed E-state index contributed by atoms with van der Waals surface area (Å²) < 4.78 is 5.65.